The highest BCUT2D eigenvalue weighted by Gasteiger charge is 2.49. The minimum atomic E-state index is -3.09. The number of nitrogens with one attached hydrogen (secondary N) is 2. The number of likely N-dealkylation sites (tertiary alicyclic amines) is 2. The van der Waals surface area contributed by atoms with E-state index in [4.69, 9.17) is 0 Å². The molecule has 4 fully saturated rings. The van der Waals surface area contributed by atoms with Gasteiger partial charge in [0.25, 0.3) is 17.7 Å². The lowest BCUT2D eigenvalue weighted by atomic mass is 9.72. The molecule has 72 heavy (non-hydrogen) atoms. The maximum Gasteiger partial charge on any atom is 0.329 e. The first-order valence-electron chi connectivity index (χ1n) is 24.4. The van der Waals surface area contributed by atoms with Gasteiger partial charge in [0.2, 0.25) is 11.8 Å². The Bertz CT molecular complexity index is 3180. The van der Waals surface area contributed by atoms with Crippen molar-refractivity contribution in [3.8, 4) is 11.1 Å². The molecule has 3 aromatic carbocycles. The molecule has 9 heterocycles. The summed E-state index contributed by atoms with van der Waals surface area (Å²) in [4.78, 5) is 83.0. The molecule has 4 saturated heterocycles. The van der Waals surface area contributed by atoms with Crippen molar-refractivity contribution in [2.45, 2.75) is 69.5 Å². The fraction of sp³-hybridized carbons (Fsp3) is 0.412. The number of urea groups is 1. The van der Waals surface area contributed by atoms with E-state index in [1.807, 2.05) is 28.8 Å². The maximum absolute atomic E-state index is 16.0. The second-order valence-electron chi connectivity index (χ2n) is 20.1. The summed E-state index contributed by atoms with van der Waals surface area (Å²) in [5.41, 5.74) is 5.19. The number of rotatable bonds is 10. The first-order chi connectivity index (χ1) is 34.7. The molecule has 0 saturated carbocycles. The van der Waals surface area contributed by atoms with Crippen LogP contribution >= 0.6 is 11.3 Å². The number of imidazole rings is 1. The number of benzene rings is 3. The monoisotopic (exact) mass is 1000 g/mol. The summed E-state index contributed by atoms with van der Waals surface area (Å²) in [5.74, 6) is -5.69. The van der Waals surface area contributed by atoms with Gasteiger partial charge in [0, 0.05) is 97.6 Å². The van der Waals surface area contributed by atoms with Crippen LogP contribution in [-0.2, 0) is 40.9 Å². The molecule has 6 aromatic rings. The number of carbonyl (C=O) groups excluding carboxylic acids is 5. The van der Waals surface area contributed by atoms with Gasteiger partial charge in [0.1, 0.15) is 5.82 Å². The highest BCUT2D eigenvalue weighted by atomic mass is 32.1. The highest BCUT2D eigenvalue weighted by Crippen LogP contribution is 2.45. The van der Waals surface area contributed by atoms with E-state index in [9.17, 15) is 24.0 Å². The second-order valence-corrected chi connectivity index (χ2v) is 21.0. The predicted octanol–water partition coefficient (Wildman–Crippen LogP) is 6.31. The molecule has 372 valence electrons. The van der Waals surface area contributed by atoms with Crippen molar-refractivity contribution >= 4 is 68.5 Å². The number of nitrogens with zero attached hydrogens (tertiary/aromatic N) is 10. The standard InChI is InChI=1S/C51H51F3N12O5S/c1-60-40-23-31(6-9-34(40)45(59-60)65-17-11-41(67)57-49(65)71)37-10-16-61(28-51(37,53)54)25-42(68)64-26-50(27-64)12-18-62(19-13-50)33-7-4-30(5-8-33)32-21-35-36(38(52)22-32)24-66(47(35)70)44(46(69)58-48-55-14-20-72-48)43-39-3-2-15-63(39)29-56-43/h4-9,14,20-23,29,37,44H,2-3,10-13,15-19,24-28H2,1H3,(H,55,58,69)(H,57,67,71). The van der Waals surface area contributed by atoms with Crippen molar-refractivity contribution in [3.63, 3.8) is 0 Å². The Labute approximate surface area is 415 Å². The second kappa shape index (κ2) is 17.6. The Hall–Kier alpha value is -7.13. The zero-order valence-corrected chi connectivity index (χ0v) is 40.3. The minimum Gasteiger partial charge on any atom is -0.371 e. The van der Waals surface area contributed by atoms with Gasteiger partial charge in [-0.15, -0.1) is 11.3 Å². The molecule has 0 radical (unpaired) electrons. The van der Waals surface area contributed by atoms with Crippen molar-refractivity contribution in [2.24, 2.45) is 12.5 Å². The number of halogens is 3. The van der Waals surface area contributed by atoms with Gasteiger partial charge in [-0.3, -0.25) is 44.3 Å². The number of imide groups is 1. The normalized spacial score (nSPS) is 21.0. The number of thiazole rings is 1. The van der Waals surface area contributed by atoms with Crippen molar-refractivity contribution in [3.05, 3.63) is 106 Å². The predicted molar refractivity (Wildman–Crippen MR) is 261 cm³/mol. The smallest absolute Gasteiger partial charge is 0.329 e. The summed E-state index contributed by atoms with van der Waals surface area (Å²) in [6, 6.07) is 14.4. The number of anilines is 3. The third-order valence-electron chi connectivity index (χ3n) is 15.7. The number of aromatic nitrogens is 5. The molecule has 2 unspecified atom stereocenters. The van der Waals surface area contributed by atoms with Gasteiger partial charge in [-0.1, -0.05) is 18.2 Å². The molecule has 3 aromatic heterocycles. The van der Waals surface area contributed by atoms with E-state index in [2.05, 4.69) is 30.6 Å². The Morgan fingerprint density at radius 2 is 1.74 bits per heavy atom. The first kappa shape index (κ1) is 46.0. The molecule has 2 N–H and O–H groups in total. The molecular weight excluding hydrogens is 950 g/mol. The lowest BCUT2D eigenvalue weighted by molar-refractivity contribution is -0.149. The lowest BCUT2D eigenvalue weighted by Gasteiger charge is -2.54. The largest absolute Gasteiger partial charge is 0.371 e. The van der Waals surface area contributed by atoms with Gasteiger partial charge < -0.3 is 19.3 Å². The number of aryl methyl sites for hydroxylation is 2. The van der Waals surface area contributed by atoms with E-state index in [-0.39, 0.29) is 60.8 Å². The average molecular weight is 1000 g/mol. The molecule has 0 aliphatic carbocycles. The van der Waals surface area contributed by atoms with Crippen molar-refractivity contribution in [1.29, 1.82) is 0 Å². The summed E-state index contributed by atoms with van der Waals surface area (Å²) in [7, 11) is 1.69. The summed E-state index contributed by atoms with van der Waals surface area (Å²) >= 11 is 1.27. The molecule has 6 aliphatic rings. The molecule has 12 rings (SSSR count). The third-order valence-corrected chi connectivity index (χ3v) is 16.4. The third kappa shape index (κ3) is 8.05. The Balaban J connectivity index is 0.645. The number of amides is 6. The SMILES string of the molecule is Cn1nc(N2CCC(=O)NC2=O)c2ccc(C3CCN(CC(=O)N4CC5(CCN(c6ccc(-c7cc(F)c8c(c7)C(=O)N(C(C(=O)Nc7nccs7)c7ncn9c7CCC9)C8)cc6)CC5)C4)CC3(F)F)cc21. The van der Waals surface area contributed by atoms with E-state index in [1.165, 1.54) is 27.2 Å². The summed E-state index contributed by atoms with van der Waals surface area (Å²) in [6.07, 6.45) is 6.96. The topological polar surface area (TPSA) is 174 Å². The van der Waals surface area contributed by atoms with Crippen LogP contribution in [0.1, 0.15) is 76.9 Å². The van der Waals surface area contributed by atoms with E-state index in [0.717, 1.165) is 62.3 Å². The molecule has 17 nitrogen and oxygen atoms in total. The van der Waals surface area contributed by atoms with E-state index in [0.29, 0.717) is 58.3 Å². The number of hydrogen-bond acceptors (Lipinski definition) is 11. The van der Waals surface area contributed by atoms with Crippen LogP contribution in [0.2, 0.25) is 0 Å². The summed E-state index contributed by atoms with van der Waals surface area (Å²) in [5, 5.41) is 12.4. The van der Waals surface area contributed by atoms with Crippen molar-refractivity contribution in [2.75, 3.05) is 67.5 Å². The molecule has 0 bridgehead atoms. The Kier molecular flexibility index (Phi) is 11.2. The molecule has 1 spiro atoms. The number of alkyl halides is 2. The van der Waals surface area contributed by atoms with Crippen molar-refractivity contribution < 1.29 is 37.1 Å². The maximum atomic E-state index is 16.0. The van der Waals surface area contributed by atoms with Crippen LogP contribution < -0.4 is 20.4 Å². The number of hydrogen-bond donors (Lipinski definition) is 2. The lowest BCUT2D eigenvalue weighted by Crippen LogP contribution is -2.63. The minimum absolute atomic E-state index is 0.0246. The zero-order valence-electron chi connectivity index (χ0n) is 39.5. The van der Waals surface area contributed by atoms with Gasteiger partial charge in [-0.05, 0) is 91.7 Å². The number of piperidine rings is 2. The van der Waals surface area contributed by atoms with E-state index in [1.54, 1.807) is 63.7 Å². The van der Waals surface area contributed by atoms with Gasteiger partial charge in [-0.25, -0.2) is 27.9 Å². The fourth-order valence-corrected chi connectivity index (χ4v) is 12.3. The average Bonchev–Trinajstić information content (AvgIpc) is 4.21. The van der Waals surface area contributed by atoms with Crippen LogP contribution in [0.15, 0.2) is 72.5 Å². The first-order valence-corrected chi connectivity index (χ1v) is 25.3. The van der Waals surface area contributed by atoms with Gasteiger partial charge in [-0.2, -0.15) is 5.10 Å². The van der Waals surface area contributed by atoms with Gasteiger partial charge in [0.05, 0.1) is 43.1 Å². The quantitative estimate of drug-likeness (QED) is 0.158. The summed E-state index contributed by atoms with van der Waals surface area (Å²) < 4.78 is 51.4. The van der Waals surface area contributed by atoms with Crippen LogP contribution in [-0.4, -0.2) is 127 Å². The van der Waals surface area contributed by atoms with Crippen LogP contribution in [0.4, 0.5) is 34.6 Å². The molecule has 6 aliphatic heterocycles. The van der Waals surface area contributed by atoms with Crippen LogP contribution in [0.25, 0.3) is 22.0 Å². The van der Waals surface area contributed by atoms with Gasteiger partial charge in [0.15, 0.2) is 17.0 Å². The highest BCUT2D eigenvalue weighted by molar-refractivity contribution is 7.13. The van der Waals surface area contributed by atoms with Gasteiger partial charge >= 0.3 is 6.03 Å². The molecule has 2 atom stereocenters. The van der Waals surface area contributed by atoms with Crippen LogP contribution in [0.5, 0.6) is 0 Å². The Morgan fingerprint density at radius 1 is 0.931 bits per heavy atom. The molecule has 21 heteroatoms. The number of carbonyl (C=O) groups is 5. The summed E-state index contributed by atoms with van der Waals surface area (Å²) in [6.45, 7) is 3.35. The fourth-order valence-electron chi connectivity index (χ4n) is 11.8. The van der Waals surface area contributed by atoms with Crippen molar-refractivity contribution in [1.82, 2.24) is 44.3 Å². The Morgan fingerprint density at radius 3 is 2.49 bits per heavy atom. The van der Waals surface area contributed by atoms with Crippen LogP contribution in [0.3, 0.4) is 0 Å². The zero-order chi connectivity index (χ0) is 49.6. The van der Waals surface area contributed by atoms with E-state index < -0.39 is 48.1 Å². The molecular formula is C51H51F3N12O5S. The van der Waals surface area contributed by atoms with Crippen LogP contribution in [0, 0.1) is 11.2 Å². The number of fused-ring (bicyclic) bond motifs is 3. The van der Waals surface area contributed by atoms with E-state index >= 15 is 13.2 Å². The molecule has 6 amide bonds.